The van der Waals surface area contributed by atoms with Crippen LogP contribution in [0.1, 0.15) is 77.6 Å². The van der Waals surface area contributed by atoms with E-state index < -0.39 is 0 Å². The van der Waals surface area contributed by atoms with Crippen LogP contribution >= 0.6 is 0 Å². The molecule has 0 saturated carbocycles. The van der Waals surface area contributed by atoms with Crippen molar-refractivity contribution < 1.29 is 4.79 Å². The summed E-state index contributed by atoms with van der Waals surface area (Å²) in [5, 5.41) is 2.86. The highest BCUT2D eigenvalue weighted by Gasteiger charge is 2.04. The van der Waals surface area contributed by atoms with Gasteiger partial charge in [-0.2, -0.15) is 0 Å². The Kier molecular flexibility index (Phi) is 13.6. The fraction of sp³-hybridized carbons (Fsp3) is 0.812. The van der Waals surface area contributed by atoms with Crippen LogP contribution in [-0.2, 0) is 4.79 Å². The third kappa shape index (κ3) is 11.7. The first kappa shape index (κ1) is 17.2. The van der Waals surface area contributed by atoms with E-state index in [9.17, 15) is 4.79 Å². The summed E-state index contributed by atoms with van der Waals surface area (Å²) in [5.41, 5.74) is 0. The molecule has 106 valence electrons. The Morgan fingerprint density at radius 2 is 1.56 bits per heavy atom. The Bertz CT molecular complexity index is 182. The van der Waals surface area contributed by atoms with E-state index in [0.29, 0.717) is 6.04 Å². The summed E-state index contributed by atoms with van der Waals surface area (Å²) in [4.78, 5) is 10.4. The zero-order chi connectivity index (χ0) is 13.5. The lowest BCUT2D eigenvalue weighted by Crippen LogP contribution is -2.26. The molecule has 0 fully saturated rings. The van der Waals surface area contributed by atoms with E-state index >= 15 is 0 Å². The molecule has 0 aromatic heterocycles. The van der Waals surface area contributed by atoms with Crippen LogP contribution in [0.15, 0.2) is 12.7 Å². The van der Waals surface area contributed by atoms with E-state index in [4.69, 9.17) is 0 Å². The number of amides is 1. The number of unbranched alkanes of at least 4 members (excludes halogenated alkanes) is 8. The summed E-state index contributed by atoms with van der Waals surface area (Å²) in [6.45, 7) is 5.98. The molecule has 0 bridgehead atoms. The number of hydrogen-bond acceptors (Lipinski definition) is 1. The van der Waals surface area contributed by atoms with Crippen molar-refractivity contribution >= 4 is 6.41 Å². The van der Waals surface area contributed by atoms with Crippen molar-refractivity contribution in [1.29, 1.82) is 0 Å². The molecule has 0 heterocycles. The summed E-state index contributed by atoms with van der Waals surface area (Å²) < 4.78 is 0. The number of hydrogen-bond donors (Lipinski definition) is 1. The lowest BCUT2D eigenvalue weighted by atomic mass is 10.0. The molecule has 1 atom stereocenters. The Morgan fingerprint density at radius 1 is 1.00 bits per heavy atom. The minimum absolute atomic E-state index is 0.296. The second kappa shape index (κ2) is 14.3. The Balaban J connectivity index is 3.26. The highest BCUT2D eigenvalue weighted by atomic mass is 16.1. The predicted molar refractivity (Wildman–Crippen MR) is 79.6 cm³/mol. The van der Waals surface area contributed by atoms with Gasteiger partial charge in [0.1, 0.15) is 0 Å². The molecule has 0 aliphatic rings. The third-order valence-corrected chi connectivity index (χ3v) is 3.41. The maximum atomic E-state index is 10.4. The average Bonchev–Trinajstić information content (AvgIpc) is 2.37. The van der Waals surface area contributed by atoms with Gasteiger partial charge < -0.3 is 5.32 Å². The first-order valence-corrected chi connectivity index (χ1v) is 7.65. The molecule has 0 aliphatic carbocycles. The van der Waals surface area contributed by atoms with Crippen LogP contribution in [0.25, 0.3) is 0 Å². The molecular formula is C16H31NO. The molecule has 0 spiro atoms. The minimum Gasteiger partial charge on any atom is -0.356 e. The van der Waals surface area contributed by atoms with Gasteiger partial charge in [0.25, 0.3) is 0 Å². The van der Waals surface area contributed by atoms with Gasteiger partial charge in [0.05, 0.1) is 0 Å². The first-order valence-electron chi connectivity index (χ1n) is 7.65. The number of carbonyl (C=O) groups excluding carboxylic acids is 1. The van der Waals surface area contributed by atoms with Gasteiger partial charge in [-0.1, -0.05) is 70.8 Å². The van der Waals surface area contributed by atoms with Gasteiger partial charge in [0.2, 0.25) is 6.41 Å². The van der Waals surface area contributed by atoms with Crippen LogP contribution in [-0.4, -0.2) is 12.5 Å². The molecule has 0 aromatic rings. The molecule has 0 aromatic carbocycles. The standard InChI is InChI=1S/C16H31NO/c1-3-5-6-7-8-9-10-11-12-14-16(13-4-2)17-15-18/h4,15-16H,2-3,5-14H2,1H3,(H,17,18). The van der Waals surface area contributed by atoms with Gasteiger partial charge in [0, 0.05) is 6.04 Å². The smallest absolute Gasteiger partial charge is 0.207 e. The predicted octanol–water partition coefficient (Wildman–Crippen LogP) is 4.60. The average molecular weight is 253 g/mol. The van der Waals surface area contributed by atoms with Crippen LogP contribution in [0.3, 0.4) is 0 Å². The number of rotatable bonds is 14. The highest BCUT2D eigenvalue weighted by molar-refractivity contribution is 5.46. The molecule has 0 aliphatic heterocycles. The van der Waals surface area contributed by atoms with Crippen LogP contribution in [0, 0.1) is 0 Å². The Labute approximate surface area is 113 Å². The molecule has 2 nitrogen and oxygen atoms in total. The van der Waals surface area contributed by atoms with Crippen LogP contribution in [0.4, 0.5) is 0 Å². The van der Waals surface area contributed by atoms with E-state index in [1.54, 1.807) is 0 Å². The van der Waals surface area contributed by atoms with Gasteiger partial charge in [-0.05, 0) is 12.8 Å². The monoisotopic (exact) mass is 253 g/mol. The maximum Gasteiger partial charge on any atom is 0.207 e. The second-order valence-electron chi connectivity index (χ2n) is 5.12. The van der Waals surface area contributed by atoms with E-state index in [-0.39, 0.29) is 0 Å². The summed E-state index contributed by atoms with van der Waals surface area (Å²) in [5.74, 6) is 0. The SMILES string of the molecule is C=CCC(CCCCCCCCCCC)NC=O. The summed E-state index contributed by atoms with van der Waals surface area (Å²) in [6.07, 6.45) is 16.8. The summed E-state index contributed by atoms with van der Waals surface area (Å²) >= 11 is 0. The van der Waals surface area contributed by atoms with Gasteiger partial charge in [-0.3, -0.25) is 4.79 Å². The molecule has 0 rings (SSSR count). The van der Waals surface area contributed by atoms with Gasteiger partial charge >= 0.3 is 0 Å². The molecule has 0 saturated heterocycles. The minimum atomic E-state index is 0.296. The fourth-order valence-electron chi connectivity index (χ4n) is 2.27. The number of carbonyl (C=O) groups is 1. The third-order valence-electron chi connectivity index (χ3n) is 3.41. The number of nitrogens with one attached hydrogen (secondary N) is 1. The van der Waals surface area contributed by atoms with Crippen molar-refractivity contribution in [1.82, 2.24) is 5.32 Å². The highest BCUT2D eigenvalue weighted by Crippen LogP contribution is 2.12. The van der Waals surface area contributed by atoms with E-state index in [1.807, 2.05) is 6.08 Å². The van der Waals surface area contributed by atoms with Gasteiger partial charge in [0.15, 0.2) is 0 Å². The summed E-state index contributed by atoms with van der Waals surface area (Å²) in [6, 6.07) is 0.296. The van der Waals surface area contributed by atoms with Crippen molar-refractivity contribution in [3.8, 4) is 0 Å². The van der Waals surface area contributed by atoms with Crippen LogP contribution < -0.4 is 5.32 Å². The fourth-order valence-corrected chi connectivity index (χ4v) is 2.27. The van der Waals surface area contributed by atoms with Crippen molar-refractivity contribution in [3.63, 3.8) is 0 Å². The molecule has 2 heteroatoms. The summed E-state index contributed by atoms with van der Waals surface area (Å²) in [7, 11) is 0. The quantitative estimate of drug-likeness (QED) is 0.274. The first-order chi connectivity index (χ1) is 8.85. The maximum absolute atomic E-state index is 10.4. The van der Waals surface area contributed by atoms with E-state index in [1.165, 1.54) is 57.8 Å². The van der Waals surface area contributed by atoms with Crippen molar-refractivity contribution in [2.75, 3.05) is 0 Å². The van der Waals surface area contributed by atoms with Gasteiger partial charge in [-0.25, -0.2) is 0 Å². The van der Waals surface area contributed by atoms with Crippen LogP contribution in [0.5, 0.6) is 0 Å². The lowest BCUT2D eigenvalue weighted by molar-refractivity contribution is -0.110. The zero-order valence-corrected chi connectivity index (χ0v) is 12.1. The lowest BCUT2D eigenvalue weighted by Gasteiger charge is -2.13. The Hall–Kier alpha value is -0.790. The second-order valence-corrected chi connectivity index (χ2v) is 5.12. The molecule has 1 unspecified atom stereocenters. The Morgan fingerprint density at radius 3 is 2.06 bits per heavy atom. The normalized spacial score (nSPS) is 12.1. The van der Waals surface area contributed by atoms with Crippen molar-refractivity contribution in [2.24, 2.45) is 0 Å². The van der Waals surface area contributed by atoms with Crippen molar-refractivity contribution in [2.45, 2.75) is 83.6 Å². The molecular weight excluding hydrogens is 222 g/mol. The largest absolute Gasteiger partial charge is 0.356 e. The van der Waals surface area contributed by atoms with E-state index in [2.05, 4.69) is 18.8 Å². The molecule has 18 heavy (non-hydrogen) atoms. The van der Waals surface area contributed by atoms with Crippen molar-refractivity contribution in [3.05, 3.63) is 12.7 Å². The molecule has 0 radical (unpaired) electrons. The molecule has 1 N–H and O–H groups in total. The van der Waals surface area contributed by atoms with Crippen LogP contribution in [0.2, 0.25) is 0 Å². The zero-order valence-electron chi connectivity index (χ0n) is 12.1. The van der Waals surface area contributed by atoms with E-state index in [0.717, 1.165) is 19.3 Å². The van der Waals surface area contributed by atoms with Gasteiger partial charge in [-0.15, -0.1) is 6.58 Å². The molecule has 1 amide bonds. The topological polar surface area (TPSA) is 29.1 Å².